The fourth-order valence-electron chi connectivity index (χ4n) is 1.96. The highest BCUT2D eigenvalue weighted by molar-refractivity contribution is 7.90. The van der Waals surface area contributed by atoms with E-state index in [-0.39, 0.29) is 23.1 Å². The third-order valence-corrected chi connectivity index (χ3v) is 5.73. The van der Waals surface area contributed by atoms with Crippen LogP contribution in [-0.4, -0.2) is 38.9 Å². The Hall–Kier alpha value is -1.65. The summed E-state index contributed by atoms with van der Waals surface area (Å²) < 4.78 is 96.0. The van der Waals surface area contributed by atoms with Crippen molar-refractivity contribution in [3.8, 4) is 0 Å². The van der Waals surface area contributed by atoms with Gasteiger partial charge in [0.1, 0.15) is 14.7 Å². The first-order valence-corrected chi connectivity index (χ1v) is 9.63. The number of hydrogen-bond donors (Lipinski definition) is 5. The molecule has 0 bridgehead atoms. The minimum atomic E-state index is -5.40. The van der Waals surface area contributed by atoms with Gasteiger partial charge in [-0.1, -0.05) is 24.3 Å². The van der Waals surface area contributed by atoms with Crippen molar-refractivity contribution < 1.29 is 38.9 Å². The largest absolute Gasteiger partial charge is 0.344 e. The summed E-state index contributed by atoms with van der Waals surface area (Å²) in [6.45, 7) is 0. The topological polar surface area (TPSA) is 233 Å². The van der Waals surface area contributed by atoms with Gasteiger partial charge in [-0.15, -0.1) is 0 Å². The van der Waals surface area contributed by atoms with Gasteiger partial charge in [-0.05, 0) is 11.5 Å². The molecular weight excluding hydrogens is 388 g/mol. The summed E-state index contributed by atoms with van der Waals surface area (Å²) in [6, 6.07) is 5.69. The maximum atomic E-state index is 11.5. The fraction of sp³-hybridized carbons (Fsp3) is 0. The van der Waals surface area contributed by atoms with E-state index in [0.29, 0.717) is 6.07 Å². The average molecular weight is 402 g/mol. The van der Waals surface area contributed by atoms with Crippen LogP contribution in [0, 0.1) is 0 Å². The van der Waals surface area contributed by atoms with Crippen LogP contribution in [0.4, 0.5) is 0 Å². The molecule has 0 fully saturated rings. The first kappa shape index (κ1) is 22.4. The van der Waals surface area contributed by atoms with Crippen molar-refractivity contribution in [3.05, 3.63) is 30.3 Å². The molecule has 0 aliphatic carbocycles. The van der Waals surface area contributed by atoms with Crippen LogP contribution in [0.5, 0.6) is 0 Å². The van der Waals surface area contributed by atoms with Crippen molar-refractivity contribution >= 4 is 41.1 Å². The van der Waals surface area contributed by atoms with Crippen LogP contribution < -0.4 is 12.3 Å². The molecule has 0 aromatic heterocycles. The molecule has 9 N–H and O–H groups in total. The van der Waals surface area contributed by atoms with Crippen LogP contribution in [0.1, 0.15) is 0 Å². The maximum absolute atomic E-state index is 11.5. The second-order valence-corrected chi connectivity index (χ2v) is 8.29. The monoisotopic (exact) mass is 402 g/mol. The molecule has 0 spiro atoms. The number of benzene rings is 2. The van der Waals surface area contributed by atoms with E-state index in [2.05, 4.69) is 0 Å². The molecule has 11 nitrogen and oxygen atoms in total. The van der Waals surface area contributed by atoms with Crippen molar-refractivity contribution in [1.82, 2.24) is 12.3 Å². The number of fused-ring (bicyclic) bond motifs is 1. The van der Waals surface area contributed by atoms with E-state index in [9.17, 15) is 29.8 Å². The van der Waals surface area contributed by atoms with Crippen molar-refractivity contribution in [2.45, 2.75) is 14.7 Å². The first-order chi connectivity index (χ1) is 9.83. The SMILES string of the molecule is N.N.O=S(=O)(O)c1cc2ccccc2c(S(=O)(=O)O)c1S(=O)(=O)O. The Labute approximate surface area is 137 Å². The molecule has 136 valence electrons. The average Bonchev–Trinajstić information content (AvgIpc) is 2.33. The zero-order chi connectivity index (χ0) is 16.9. The predicted octanol–water partition coefficient (Wildman–Crippen LogP) is 0.904. The van der Waals surface area contributed by atoms with Crippen LogP contribution in [-0.2, 0) is 30.4 Å². The van der Waals surface area contributed by atoms with Crippen molar-refractivity contribution in [2.24, 2.45) is 0 Å². The van der Waals surface area contributed by atoms with Gasteiger partial charge in [-0.2, -0.15) is 25.3 Å². The molecule has 24 heavy (non-hydrogen) atoms. The van der Waals surface area contributed by atoms with Crippen LogP contribution in [0.25, 0.3) is 10.8 Å². The van der Waals surface area contributed by atoms with Gasteiger partial charge in [0.15, 0.2) is 0 Å². The highest BCUT2D eigenvalue weighted by Crippen LogP contribution is 2.35. The summed E-state index contributed by atoms with van der Waals surface area (Å²) >= 11 is 0. The number of hydrogen-bond acceptors (Lipinski definition) is 8. The molecule has 0 unspecified atom stereocenters. The molecule has 2 aromatic carbocycles. The molecule has 14 heteroatoms. The molecule has 0 saturated heterocycles. The van der Waals surface area contributed by atoms with Crippen LogP contribution in [0.3, 0.4) is 0 Å². The van der Waals surface area contributed by atoms with Gasteiger partial charge < -0.3 is 12.3 Å². The standard InChI is InChI=1S/C10H8O9S3.2H3N/c11-20(12,13)8-5-6-3-1-2-4-7(6)9(21(14,15)16)10(8)22(17,18)19;;/h1-5H,(H,11,12,13)(H,14,15,16)(H,17,18,19);2*1H3. The molecular formula is C10H14N2O9S3. The van der Waals surface area contributed by atoms with Gasteiger partial charge in [0.25, 0.3) is 30.4 Å². The van der Waals surface area contributed by atoms with Crippen molar-refractivity contribution in [2.75, 3.05) is 0 Å². The Morgan fingerprint density at radius 1 is 0.667 bits per heavy atom. The lowest BCUT2D eigenvalue weighted by molar-refractivity contribution is 0.457. The Balaban J connectivity index is 0.00000264. The Morgan fingerprint density at radius 3 is 1.54 bits per heavy atom. The van der Waals surface area contributed by atoms with Crippen molar-refractivity contribution in [1.29, 1.82) is 0 Å². The van der Waals surface area contributed by atoms with Crippen molar-refractivity contribution in [3.63, 3.8) is 0 Å². The minimum Gasteiger partial charge on any atom is -0.344 e. The molecule has 0 saturated carbocycles. The second kappa shape index (κ2) is 6.69. The Kier molecular flexibility index (Phi) is 6.23. The highest BCUT2D eigenvalue weighted by Gasteiger charge is 2.34. The lowest BCUT2D eigenvalue weighted by Gasteiger charge is -2.12. The van der Waals surface area contributed by atoms with E-state index in [1.807, 2.05) is 0 Å². The van der Waals surface area contributed by atoms with Gasteiger partial charge in [0, 0.05) is 5.39 Å². The molecule has 0 amide bonds. The molecule has 2 rings (SSSR count). The Morgan fingerprint density at radius 2 is 1.12 bits per heavy atom. The van der Waals surface area contributed by atoms with Gasteiger partial charge in [-0.3, -0.25) is 13.7 Å². The van der Waals surface area contributed by atoms with E-state index >= 15 is 0 Å². The predicted molar refractivity (Wildman–Crippen MR) is 83.4 cm³/mol. The zero-order valence-corrected chi connectivity index (χ0v) is 14.3. The van der Waals surface area contributed by atoms with Gasteiger partial charge in [0.2, 0.25) is 0 Å². The normalized spacial score (nSPS) is 12.3. The quantitative estimate of drug-likeness (QED) is 0.452. The smallest absolute Gasteiger partial charge is 0.297 e. The van der Waals surface area contributed by atoms with Crippen LogP contribution in [0.15, 0.2) is 45.0 Å². The summed E-state index contributed by atoms with van der Waals surface area (Å²) in [5.74, 6) is 0. The van der Waals surface area contributed by atoms with Crippen LogP contribution >= 0.6 is 0 Å². The third kappa shape index (κ3) is 4.05. The molecule has 0 heterocycles. The van der Waals surface area contributed by atoms with Gasteiger partial charge in [-0.25, -0.2) is 0 Å². The molecule has 0 atom stereocenters. The second-order valence-electron chi connectivity index (χ2n) is 4.18. The first-order valence-electron chi connectivity index (χ1n) is 5.31. The van der Waals surface area contributed by atoms with E-state index < -0.39 is 45.0 Å². The summed E-state index contributed by atoms with van der Waals surface area (Å²) in [5.41, 5.74) is 0. The lowest BCUT2D eigenvalue weighted by Crippen LogP contribution is -2.15. The summed E-state index contributed by atoms with van der Waals surface area (Å²) in [5, 5.41) is -0.430. The third-order valence-electron chi connectivity index (χ3n) is 2.72. The zero-order valence-electron chi connectivity index (χ0n) is 11.8. The van der Waals surface area contributed by atoms with Gasteiger partial charge >= 0.3 is 0 Å². The molecule has 0 aliphatic rings. The van der Waals surface area contributed by atoms with E-state index in [1.165, 1.54) is 18.2 Å². The summed E-state index contributed by atoms with van der Waals surface area (Å²) in [4.78, 5) is -4.31. The fourth-order valence-corrected chi connectivity index (χ4v) is 5.37. The van der Waals surface area contributed by atoms with E-state index in [0.717, 1.165) is 6.07 Å². The number of rotatable bonds is 3. The molecule has 0 radical (unpaired) electrons. The highest BCUT2D eigenvalue weighted by atomic mass is 32.2. The molecule has 0 aliphatic heterocycles. The summed E-state index contributed by atoms with van der Waals surface area (Å²) in [6.07, 6.45) is 0. The maximum Gasteiger partial charge on any atom is 0.297 e. The minimum absolute atomic E-state index is 0. The van der Waals surface area contributed by atoms with E-state index in [4.69, 9.17) is 9.11 Å². The summed E-state index contributed by atoms with van der Waals surface area (Å²) in [7, 11) is -15.8. The molecule has 2 aromatic rings. The van der Waals surface area contributed by atoms with E-state index in [1.54, 1.807) is 0 Å². The van der Waals surface area contributed by atoms with Crippen LogP contribution in [0.2, 0.25) is 0 Å². The van der Waals surface area contributed by atoms with Gasteiger partial charge in [0.05, 0.1) is 0 Å². The lowest BCUT2D eigenvalue weighted by atomic mass is 10.1. The Bertz CT molecular complexity index is 1090.